The van der Waals surface area contributed by atoms with Crippen LogP contribution in [-0.2, 0) is 11.3 Å². The predicted molar refractivity (Wildman–Crippen MR) is 87.5 cm³/mol. The average Bonchev–Trinajstić information content (AvgIpc) is 2.91. The van der Waals surface area contributed by atoms with Crippen molar-refractivity contribution in [1.82, 2.24) is 14.5 Å². The van der Waals surface area contributed by atoms with Crippen LogP contribution in [0.15, 0.2) is 30.6 Å². The summed E-state index contributed by atoms with van der Waals surface area (Å²) >= 11 is 4.15. The van der Waals surface area contributed by atoms with Crippen LogP contribution in [0.25, 0.3) is 11.0 Å². The number of nitrogens with zero attached hydrogens (tertiary/aromatic N) is 3. The van der Waals surface area contributed by atoms with Gasteiger partial charge in [0.25, 0.3) is 0 Å². The van der Waals surface area contributed by atoms with Crippen molar-refractivity contribution in [3.8, 4) is 0 Å². The summed E-state index contributed by atoms with van der Waals surface area (Å²) in [7, 11) is 0. The number of imidazole rings is 1. The number of fused-ring (bicyclic) bond motifs is 1. The van der Waals surface area contributed by atoms with Crippen LogP contribution < -0.4 is 0 Å². The van der Waals surface area contributed by atoms with E-state index in [9.17, 15) is 4.79 Å². The Morgan fingerprint density at radius 2 is 2.24 bits per heavy atom. The van der Waals surface area contributed by atoms with E-state index in [1.165, 1.54) is 11.9 Å². The van der Waals surface area contributed by atoms with Gasteiger partial charge in [0.1, 0.15) is 0 Å². The van der Waals surface area contributed by atoms with E-state index >= 15 is 0 Å². The Bertz CT molecular complexity index is 625. The Hall–Kier alpha value is -1.49. The third-order valence-corrected chi connectivity index (χ3v) is 4.40. The van der Waals surface area contributed by atoms with Crippen molar-refractivity contribution in [1.29, 1.82) is 0 Å². The van der Waals surface area contributed by atoms with Crippen LogP contribution in [0.2, 0.25) is 0 Å². The van der Waals surface area contributed by atoms with E-state index in [0.717, 1.165) is 31.6 Å². The van der Waals surface area contributed by atoms with E-state index in [2.05, 4.69) is 28.2 Å². The van der Waals surface area contributed by atoms with Crippen molar-refractivity contribution in [2.45, 2.75) is 25.8 Å². The van der Waals surface area contributed by atoms with Crippen molar-refractivity contribution >= 4 is 29.6 Å². The van der Waals surface area contributed by atoms with Crippen LogP contribution in [0.5, 0.6) is 0 Å². The van der Waals surface area contributed by atoms with E-state index < -0.39 is 0 Å². The molecule has 1 aliphatic rings. The van der Waals surface area contributed by atoms with Crippen LogP contribution in [0.1, 0.15) is 19.3 Å². The van der Waals surface area contributed by atoms with Gasteiger partial charge < -0.3 is 9.47 Å². The lowest BCUT2D eigenvalue weighted by molar-refractivity contribution is -0.132. The summed E-state index contributed by atoms with van der Waals surface area (Å²) in [6.45, 7) is 2.69. The van der Waals surface area contributed by atoms with Gasteiger partial charge in [-0.3, -0.25) is 4.79 Å². The summed E-state index contributed by atoms with van der Waals surface area (Å²) in [5.74, 6) is 1.39. The number of hydrogen-bond acceptors (Lipinski definition) is 3. The second-order valence-electron chi connectivity index (χ2n) is 5.71. The zero-order valence-corrected chi connectivity index (χ0v) is 13.0. The number of carbonyl (C=O) groups excluding carboxylic acids is 1. The maximum Gasteiger partial charge on any atom is 0.223 e. The molecule has 1 amide bonds. The minimum Gasteiger partial charge on any atom is -0.342 e. The van der Waals surface area contributed by atoms with Crippen LogP contribution in [0, 0.1) is 5.92 Å². The summed E-state index contributed by atoms with van der Waals surface area (Å²) in [6, 6.07) is 8.20. The fourth-order valence-electron chi connectivity index (χ4n) is 3.13. The molecule has 21 heavy (non-hydrogen) atoms. The molecule has 1 atom stereocenters. The molecule has 1 unspecified atom stereocenters. The quantitative estimate of drug-likeness (QED) is 0.882. The van der Waals surface area contributed by atoms with Gasteiger partial charge in [-0.2, -0.15) is 12.6 Å². The van der Waals surface area contributed by atoms with Crippen molar-refractivity contribution < 1.29 is 4.79 Å². The third-order valence-electron chi connectivity index (χ3n) is 4.18. The first-order chi connectivity index (χ1) is 10.3. The number of benzene rings is 1. The lowest BCUT2D eigenvalue weighted by Crippen LogP contribution is -2.41. The Kier molecular flexibility index (Phi) is 4.48. The highest BCUT2D eigenvalue weighted by atomic mass is 32.1. The normalized spacial score (nSPS) is 19.1. The second-order valence-corrected chi connectivity index (χ2v) is 6.15. The van der Waals surface area contributed by atoms with Gasteiger partial charge in [-0.15, -0.1) is 0 Å². The predicted octanol–water partition coefficient (Wildman–Crippen LogP) is 2.59. The Balaban J connectivity index is 1.68. The van der Waals surface area contributed by atoms with Gasteiger partial charge in [-0.1, -0.05) is 12.1 Å². The molecule has 0 bridgehead atoms. The summed E-state index contributed by atoms with van der Waals surface area (Å²) in [6.07, 6.45) is 4.73. The molecule has 1 aromatic carbocycles. The minimum absolute atomic E-state index is 0.241. The Labute approximate surface area is 130 Å². The number of thiol groups is 1. The zero-order chi connectivity index (χ0) is 14.7. The highest BCUT2D eigenvalue weighted by molar-refractivity contribution is 7.80. The van der Waals surface area contributed by atoms with Crippen molar-refractivity contribution in [3.63, 3.8) is 0 Å². The molecule has 0 N–H and O–H groups in total. The topological polar surface area (TPSA) is 38.1 Å². The molecule has 1 fully saturated rings. The van der Waals surface area contributed by atoms with E-state index in [1.807, 2.05) is 29.4 Å². The number of hydrogen-bond donors (Lipinski definition) is 1. The summed E-state index contributed by atoms with van der Waals surface area (Å²) in [5.41, 5.74) is 2.22. The van der Waals surface area contributed by atoms with Gasteiger partial charge in [0, 0.05) is 26.1 Å². The molecular formula is C16H21N3OS. The summed E-state index contributed by atoms with van der Waals surface area (Å²) < 4.78 is 2.21. The van der Waals surface area contributed by atoms with E-state index in [-0.39, 0.29) is 5.91 Å². The summed E-state index contributed by atoms with van der Waals surface area (Å²) in [5, 5.41) is 0. The van der Waals surface area contributed by atoms with Crippen molar-refractivity contribution in [3.05, 3.63) is 30.6 Å². The third kappa shape index (κ3) is 3.23. The fourth-order valence-corrected chi connectivity index (χ4v) is 3.32. The van der Waals surface area contributed by atoms with Gasteiger partial charge in [0.2, 0.25) is 5.91 Å². The van der Waals surface area contributed by atoms with Crippen LogP contribution in [0.3, 0.4) is 0 Å². The number of piperidine rings is 1. The monoisotopic (exact) mass is 303 g/mol. The van der Waals surface area contributed by atoms with E-state index in [4.69, 9.17) is 0 Å². The lowest BCUT2D eigenvalue weighted by Gasteiger charge is -2.33. The number of aromatic nitrogens is 2. The smallest absolute Gasteiger partial charge is 0.223 e. The van der Waals surface area contributed by atoms with Crippen LogP contribution >= 0.6 is 12.6 Å². The highest BCUT2D eigenvalue weighted by Gasteiger charge is 2.23. The SMILES string of the molecule is O=C(CCS)N1CCCC(Cn2cnc3ccccc32)C1. The fraction of sp³-hybridized carbons (Fsp3) is 0.500. The van der Waals surface area contributed by atoms with E-state index in [0.29, 0.717) is 18.1 Å². The van der Waals surface area contributed by atoms with Crippen LogP contribution in [-0.4, -0.2) is 39.2 Å². The van der Waals surface area contributed by atoms with Gasteiger partial charge in [-0.25, -0.2) is 4.98 Å². The summed E-state index contributed by atoms with van der Waals surface area (Å²) in [4.78, 5) is 18.5. The molecule has 5 heteroatoms. The highest BCUT2D eigenvalue weighted by Crippen LogP contribution is 2.21. The number of carbonyl (C=O) groups is 1. The van der Waals surface area contributed by atoms with Gasteiger partial charge >= 0.3 is 0 Å². The Morgan fingerprint density at radius 1 is 1.38 bits per heavy atom. The maximum absolute atomic E-state index is 12.0. The number of amides is 1. The first-order valence-corrected chi connectivity index (χ1v) is 8.19. The minimum atomic E-state index is 0.241. The lowest BCUT2D eigenvalue weighted by atomic mass is 9.97. The first-order valence-electron chi connectivity index (χ1n) is 7.56. The van der Waals surface area contributed by atoms with Crippen LogP contribution in [0.4, 0.5) is 0 Å². The molecule has 4 nitrogen and oxygen atoms in total. The molecule has 1 saturated heterocycles. The largest absolute Gasteiger partial charge is 0.342 e. The molecule has 0 aliphatic carbocycles. The molecule has 1 aromatic heterocycles. The Morgan fingerprint density at radius 3 is 3.10 bits per heavy atom. The molecule has 0 radical (unpaired) electrons. The molecule has 3 rings (SSSR count). The number of likely N-dealkylation sites (tertiary alicyclic amines) is 1. The average molecular weight is 303 g/mol. The molecule has 0 spiro atoms. The zero-order valence-electron chi connectivity index (χ0n) is 12.1. The van der Waals surface area contributed by atoms with Gasteiger partial charge in [0.05, 0.1) is 17.4 Å². The molecule has 2 aromatic rings. The molecule has 2 heterocycles. The number of rotatable bonds is 4. The first kappa shape index (κ1) is 14.4. The van der Waals surface area contributed by atoms with Gasteiger partial charge in [0.15, 0.2) is 0 Å². The standard InChI is InChI=1S/C16H21N3OS/c20-16(7-9-21)18-8-3-4-13(10-18)11-19-12-17-14-5-1-2-6-15(14)19/h1-2,5-6,12-13,21H,3-4,7-11H2. The molecule has 1 aliphatic heterocycles. The van der Waals surface area contributed by atoms with Crippen molar-refractivity contribution in [2.75, 3.05) is 18.8 Å². The molecular weight excluding hydrogens is 282 g/mol. The second kappa shape index (κ2) is 6.52. The molecule has 0 saturated carbocycles. The molecule has 112 valence electrons. The number of para-hydroxylation sites is 2. The maximum atomic E-state index is 12.0. The van der Waals surface area contributed by atoms with Crippen molar-refractivity contribution in [2.24, 2.45) is 5.92 Å². The van der Waals surface area contributed by atoms with E-state index in [1.54, 1.807) is 0 Å². The van der Waals surface area contributed by atoms with Gasteiger partial charge in [-0.05, 0) is 36.6 Å².